The van der Waals surface area contributed by atoms with Crippen LogP contribution in [0.1, 0.15) is 43.0 Å². The van der Waals surface area contributed by atoms with Crippen molar-refractivity contribution in [1.82, 2.24) is 9.62 Å². The van der Waals surface area contributed by atoms with Gasteiger partial charge in [0.1, 0.15) is 0 Å². The summed E-state index contributed by atoms with van der Waals surface area (Å²) in [5.74, 6) is -0.641. The minimum absolute atomic E-state index is 0.0466. The zero-order chi connectivity index (χ0) is 20.9. The quantitative estimate of drug-likeness (QED) is 0.693. The molecular weight excluding hydrogens is 394 g/mol. The Kier molecular flexibility index (Phi) is 7.26. The highest BCUT2D eigenvalue weighted by atomic mass is 32.2. The van der Waals surface area contributed by atoms with Gasteiger partial charge in [-0.1, -0.05) is 12.1 Å². The van der Waals surface area contributed by atoms with Crippen LogP contribution in [-0.4, -0.2) is 62.6 Å². The van der Waals surface area contributed by atoms with Gasteiger partial charge in [0.25, 0.3) is 5.91 Å². The van der Waals surface area contributed by atoms with E-state index in [2.05, 4.69) is 10.6 Å². The van der Waals surface area contributed by atoms with Crippen molar-refractivity contribution in [2.45, 2.75) is 38.7 Å². The number of sulfonamides is 1. The van der Waals surface area contributed by atoms with E-state index in [1.807, 2.05) is 0 Å². The molecule has 2 amide bonds. The number of ether oxygens (including phenoxy) is 1. The number of amides is 2. The van der Waals surface area contributed by atoms with Crippen LogP contribution in [0.2, 0.25) is 0 Å². The maximum absolute atomic E-state index is 12.7. The van der Waals surface area contributed by atoms with E-state index in [1.54, 1.807) is 31.2 Å². The maximum Gasteiger partial charge on any atom is 0.253 e. The standard InChI is InChI=1S/C20H29N3O5S/c1-2-29(26,27)23-11-9-15(10-12-23)19(24)22-18-8-4-3-7-17(18)20(25)21-14-16-6-5-13-28-16/h3-4,7-8,15-16H,2,5-6,9-14H2,1H3,(H,21,25)(H,22,24). The molecule has 1 aromatic rings. The number of anilines is 1. The van der Waals surface area contributed by atoms with Crippen molar-refractivity contribution >= 4 is 27.5 Å². The number of nitrogens with zero attached hydrogens (tertiary/aromatic N) is 1. The van der Waals surface area contributed by atoms with Crippen molar-refractivity contribution in [3.05, 3.63) is 29.8 Å². The van der Waals surface area contributed by atoms with Gasteiger partial charge in [0, 0.05) is 32.2 Å². The molecule has 0 spiro atoms. The summed E-state index contributed by atoms with van der Waals surface area (Å²) in [5, 5.41) is 5.73. The summed E-state index contributed by atoms with van der Waals surface area (Å²) < 4.78 is 30.9. The zero-order valence-electron chi connectivity index (χ0n) is 16.7. The first-order valence-corrected chi connectivity index (χ1v) is 11.8. The van der Waals surface area contributed by atoms with E-state index in [1.165, 1.54) is 4.31 Å². The number of benzene rings is 1. The van der Waals surface area contributed by atoms with Crippen LogP contribution in [0.3, 0.4) is 0 Å². The molecule has 1 aromatic carbocycles. The summed E-state index contributed by atoms with van der Waals surface area (Å²) in [6.45, 7) is 3.49. The fourth-order valence-corrected chi connectivity index (χ4v) is 4.84. The molecule has 160 valence electrons. The number of rotatable bonds is 7. The lowest BCUT2D eigenvalue weighted by Gasteiger charge is -2.30. The minimum Gasteiger partial charge on any atom is -0.376 e. The van der Waals surface area contributed by atoms with E-state index in [4.69, 9.17) is 4.74 Å². The first-order valence-electron chi connectivity index (χ1n) is 10.2. The molecule has 0 aliphatic carbocycles. The van der Waals surface area contributed by atoms with Crippen LogP contribution in [0.5, 0.6) is 0 Å². The third kappa shape index (κ3) is 5.55. The molecule has 3 rings (SSSR count). The average Bonchev–Trinajstić information content (AvgIpc) is 3.26. The Morgan fingerprint density at radius 1 is 1.17 bits per heavy atom. The Morgan fingerprint density at radius 2 is 1.90 bits per heavy atom. The normalized spacial score (nSPS) is 21.1. The lowest BCUT2D eigenvalue weighted by atomic mass is 9.97. The Labute approximate surface area is 172 Å². The molecule has 2 N–H and O–H groups in total. The summed E-state index contributed by atoms with van der Waals surface area (Å²) in [6.07, 6.45) is 2.93. The van der Waals surface area contributed by atoms with Gasteiger partial charge in [-0.2, -0.15) is 0 Å². The molecule has 2 aliphatic rings. The summed E-state index contributed by atoms with van der Waals surface area (Å²) in [7, 11) is -3.22. The van der Waals surface area contributed by atoms with Crippen LogP contribution >= 0.6 is 0 Å². The predicted octanol–water partition coefficient (Wildman–Crippen LogP) is 1.60. The van der Waals surface area contributed by atoms with Crippen molar-refractivity contribution in [3.63, 3.8) is 0 Å². The van der Waals surface area contributed by atoms with E-state index in [0.29, 0.717) is 43.7 Å². The molecule has 8 nitrogen and oxygen atoms in total. The molecule has 1 unspecified atom stereocenters. The Morgan fingerprint density at radius 3 is 2.55 bits per heavy atom. The topological polar surface area (TPSA) is 105 Å². The number of carbonyl (C=O) groups is 2. The van der Waals surface area contributed by atoms with Gasteiger partial charge >= 0.3 is 0 Å². The number of para-hydroxylation sites is 1. The van der Waals surface area contributed by atoms with Gasteiger partial charge < -0.3 is 15.4 Å². The Bertz CT molecular complexity index is 828. The van der Waals surface area contributed by atoms with Crippen LogP contribution in [0.4, 0.5) is 5.69 Å². The predicted molar refractivity (Wildman–Crippen MR) is 110 cm³/mol. The molecule has 1 atom stereocenters. The molecule has 2 aliphatic heterocycles. The summed E-state index contributed by atoms with van der Waals surface area (Å²) >= 11 is 0. The molecule has 0 aromatic heterocycles. The van der Waals surface area contributed by atoms with Crippen LogP contribution in [-0.2, 0) is 19.6 Å². The number of piperidine rings is 1. The van der Waals surface area contributed by atoms with Gasteiger partial charge in [-0.05, 0) is 44.7 Å². The third-order valence-corrected chi connectivity index (χ3v) is 7.41. The summed E-state index contributed by atoms with van der Waals surface area (Å²) in [5.41, 5.74) is 0.871. The van der Waals surface area contributed by atoms with Crippen LogP contribution in [0.15, 0.2) is 24.3 Å². The molecule has 0 radical (unpaired) electrons. The zero-order valence-corrected chi connectivity index (χ0v) is 17.5. The summed E-state index contributed by atoms with van der Waals surface area (Å²) in [4.78, 5) is 25.3. The summed E-state index contributed by atoms with van der Waals surface area (Å²) in [6, 6.07) is 6.90. The van der Waals surface area contributed by atoms with E-state index in [0.717, 1.165) is 19.4 Å². The second-order valence-corrected chi connectivity index (χ2v) is 9.71. The molecular formula is C20H29N3O5S. The molecule has 9 heteroatoms. The molecule has 2 heterocycles. The monoisotopic (exact) mass is 423 g/mol. The molecule has 2 saturated heterocycles. The van der Waals surface area contributed by atoms with Crippen molar-refractivity contribution < 1.29 is 22.7 Å². The molecule has 0 bridgehead atoms. The van der Waals surface area contributed by atoms with Crippen molar-refractivity contribution in [1.29, 1.82) is 0 Å². The van der Waals surface area contributed by atoms with Gasteiger partial charge in [-0.3, -0.25) is 9.59 Å². The lowest BCUT2D eigenvalue weighted by molar-refractivity contribution is -0.120. The Balaban J connectivity index is 1.57. The highest BCUT2D eigenvalue weighted by molar-refractivity contribution is 7.89. The number of carbonyl (C=O) groups excluding carboxylic acids is 2. The largest absolute Gasteiger partial charge is 0.376 e. The van der Waals surface area contributed by atoms with Crippen LogP contribution < -0.4 is 10.6 Å². The smallest absolute Gasteiger partial charge is 0.253 e. The highest BCUT2D eigenvalue weighted by Crippen LogP contribution is 2.23. The fourth-order valence-electron chi connectivity index (χ4n) is 3.71. The van der Waals surface area contributed by atoms with Crippen molar-refractivity contribution in [3.8, 4) is 0 Å². The number of hydrogen-bond acceptors (Lipinski definition) is 5. The van der Waals surface area contributed by atoms with Crippen LogP contribution in [0.25, 0.3) is 0 Å². The fraction of sp³-hybridized carbons (Fsp3) is 0.600. The second-order valence-electron chi connectivity index (χ2n) is 7.45. The highest BCUT2D eigenvalue weighted by Gasteiger charge is 2.30. The van der Waals surface area contributed by atoms with Gasteiger partial charge in [-0.25, -0.2) is 12.7 Å². The van der Waals surface area contributed by atoms with Crippen molar-refractivity contribution in [2.24, 2.45) is 5.92 Å². The SMILES string of the molecule is CCS(=O)(=O)N1CCC(C(=O)Nc2ccccc2C(=O)NCC2CCCO2)CC1. The van der Waals surface area contributed by atoms with Gasteiger partial charge in [0.05, 0.1) is 23.1 Å². The van der Waals surface area contributed by atoms with Gasteiger partial charge in [-0.15, -0.1) is 0 Å². The first kappa shape index (κ1) is 21.7. The van der Waals surface area contributed by atoms with E-state index in [-0.39, 0.29) is 29.6 Å². The third-order valence-electron chi connectivity index (χ3n) is 5.53. The lowest BCUT2D eigenvalue weighted by Crippen LogP contribution is -2.42. The second kappa shape index (κ2) is 9.69. The van der Waals surface area contributed by atoms with Crippen LogP contribution in [0, 0.1) is 5.92 Å². The molecule has 2 fully saturated rings. The van der Waals surface area contributed by atoms with E-state index < -0.39 is 10.0 Å². The minimum atomic E-state index is -3.22. The number of nitrogens with one attached hydrogen (secondary N) is 2. The maximum atomic E-state index is 12.7. The number of hydrogen-bond donors (Lipinski definition) is 2. The van der Waals surface area contributed by atoms with Crippen molar-refractivity contribution in [2.75, 3.05) is 37.3 Å². The Hall–Kier alpha value is -1.97. The van der Waals surface area contributed by atoms with E-state index in [9.17, 15) is 18.0 Å². The molecule has 0 saturated carbocycles. The van der Waals surface area contributed by atoms with Gasteiger partial charge in [0.2, 0.25) is 15.9 Å². The first-order chi connectivity index (χ1) is 13.9. The van der Waals surface area contributed by atoms with Gasteiger partial charge in [0.15, 0.2) is 0 Å². The average molecular weight is 424 g/mol. The van der Waals surface area contributed by atoms with E-state index >= 15 is 0 Å². The molecule has 29 heavy (non-hydrogen) atoms.